The summed E-state index contributed by atoms with van der Waals surface area (Å²) >= 11 is 0. The van der Waals surface area contributed by atoms with Crippen LogP contribution in [0.15, 0.2) is 0 Å². The lowest BCUT2D eigenvalue weighted by molar-refractivity contribution is 0.0689. The van der Waals surface area contributed by atoms with Crippen LogP contribution in [0.3, 0.4) is 0 Å². The second kappa shape index (κ2) is 3.68. The molecule has 82 valence electrons. The van der Waals surface area contributed by atoms with Crippen molar-refractivity contribution in [1.29, 1.82) is 0 Å². The summed E-state index contributed by atoms with van der Waals surface area (Å²) in [4.78, 5) is 15.3. The van der Waals surface area contributed by atoms with Gasteiger partial charge in [0.25, 0.3) is 0 Å². The van der Waals surface area contributed by atoms with Crippen molar-refractivity contribution in [2.75, 3.05) is 0 Å². The van der Waals surface area contributed by atoms with Crippen LogP contribution in [-0.2, 0) is 12.8 Å². The van der Waals surface area contributed by atoms with E-state index in [1.807, 2.05) is 6.92 Å². The van der Waals surface area contributed by atoms with Crippen LogP contribution in [0, 0.1) is 0 Å². The minimum atomic E-state index is -0.896. The Morgan fingerprint density at radius 2 is 2.40 bits per heavy atom. The van der Waals surface area contributed by atoms with Gasteiger partial charge >= 0.3 is 5.97 Å². The number of aryl methyl sites for hydroxylation is 1. The fourth-order valence-corrected chi connectivity index (χ4v) is 2.39. The Morgan fingerprint density at radius 1 is 1.67 bits per heavy atom. The molecule has 1 aromatic heterocycles. The van der Waals surface area contributed by atoms with Crippen LogP contribution in [0.1, 0.15) is 54.7 Å². The molecule has 0 amide bonds. The molecule has 0 radical (unpaired) electrons. The summed E-state index contributed by atoms with van der Waals surface area (Å²) in [5, 5.41) is 9.06. The molecule has 0 aromatic carbocycles. The molecule has 2 heterocycles. The average molecular weight is 208 g/mol. The van der Waals surface area contributed by atoms with Gasteiger partial charge in [-0.3, -0.25) is 0 Å². The van der Waals surface area contributed by atoms with Gasteiger partial charge in [-0.2, -0.15) is 0 Å². The molecule has 1 aliphatic rings. The number of aromatic nitrogens is 2. The molecule has 1 unspecified atom stereocenters. The second-order valence-corrected chi connectivity index (χ2v) is 4.09. The monoisotopic (exact) mass is 208 g/mol. The minimum Gasteiger partial charge on any atom is -0.476 e. The summed E-state index contributed by atoms with van der Waals surface area (Å²) in [6.07, 6.45) is 3.83. The summed E-state index contributed by atoms with van der Waals surface area (Å²) in [5.74, 6) is 0.0159. The van der Waals surface area contributed by atoms with Crippen molar-refractivity contribution in [1.82, 2.24) is 9.55 Å². The van der Waals surface area contributed by atoms with Gasteiger partial charge in [0.2, 0.25) is 0 Å². The van der Waals surface area contributed by atoms with E-state index in [1.165, 1.54) is 0 Å². The number of carboxylic acids is 1. The first-order valence-electron chi connectivity index (χ1n) is 5.48. The highest BCUT2D eigenvalue weighted by molar-refractivity contribution is 5.87. The van der Waals surface area contributed by atoms with Gasteiger partial charge in [0.1, 0.15) is 5.82 Å². The van der Waals surface area contributed by atoms with Gasteiger partial charge in [-0.05, 0) is 26.2 Å². The van der Waals surface area contributed by atoms with Gasteiger partial charge in [-0.1, -0.05) is 6.92 Å². The van der Waals surface area contributed by atoms with Crippen molar-refractivity contribution in [3.63, 3.8) is 0 Å². The maximum atomic E-state index is 11.0. The van der Waals surface area contributed by atoms with Crippen molar-refractivity contribution in [3.05, 3.63) is 17.2 Å². The number of imidazole rings is 1. The first kappa shape index (κ1) is 10.2. The van der Waals surface area contributed by atoms with E-state index in [0.717, 1.165) is 37.2 Å². The summed E-state index contributed by atoms with van der Waals surface area (Å²) < 4.78 is 2.12. The number of nitrogens with zero attached hydrogens (tertiary/aromatic N) is 2. The van der Waals surface area contributed by atoms with Crippen LogP contribution >= 0.6 is 0 Å². The Morgan fingerprint density at radius 3 is 3.00 bits per heavy atom. The lowest BCUT2D eigenvalue weighted by Gasteiger charge is -2.24. The average Bonchev–Trinajstić information content (AvgIpc) is 2.58. The van der Waals surface area contributed by atoms with E-state index in [-0.39, 0.29) is 5.69 Å². The van der Waals surface area contributed by atoms with Gasteiger partial charge in [-0.15, -0.1) is 0 Å². The fourth-order valence-electron chi connectivity index (χ4n) is 2.39. The van der Waals surface area contributed by atoms with Crippen LogP contribution in [0.2, 0.25) is 0 Å². The van der Waals surface area contributed by atoms with Crippen molar-refractivity contribution in [3.8, 4) is 0 Å². The Kier molecular flexibility index (Phi) is 2.50. The lowest BCUT2D eigenvalue weighted by Crippen LogP contribution is -2.18. The molecule has 0 fully saturated rings. The van der Waals surface area contributed by atoms with Crippen LogP contribution in [0.25, 0.3) is 0 Å². The molecule has 4 heteroatoms. The highest BCUT2D eigenvalue weighted by atomic mass is 16.4. The van der Waals surface area contributed by atoms with Crippen LogP contribution in [0.4, 0.5) is 0 Å². The van der Waals surface area contributed by atoms with Crippen molar-refractivity contribution < 1.29 is 9.90 Å². The highest BCUT2D eigenvalue weighted by Crippen LogP contribution is 2.28. The molecule has 1 N–H and O–H groups in total. The maximum Gasteiger partial charge on any atom is 0.356 e. The SMILES string of the molecule is CCc1nc(C(=O)O)c2n1C(C)CCC2. The van der Waals surface area contributed by atoms with Crippen molar-refractivity contribution in [2.24, 2.45) is 0 Å². The number of rotatable bonds is 2. The molecule has 4 nitrogen and oxygen atoms in total. The second-order valence-electron chi connectivity index (χ2n) is 4.09. The molecule has 1 atom stereocenters. The number of hydrogen-bond donors (Lipinski definition) is 1. The van der Waals surface area contributed by atoms with E-state index >= 15 is 0 Å². The first-order chi connectivity index (χ1) is 7.15. The molecule has 1 aliphatic heterocycles. The summed E-state index contributed by atoms with van der Waals surface area (Å²) in [6, 6.07) is 0.393. The molecule has 0 aliphatic carbocycles. The van der Waals surface area contributed by atoms with Gasteiger partial charge in [0.05, 0.1) is 5.69 Å². The lowest BCUT2D eigenvalue weighted by atomic mass is 10.0. The van der Waals surface area contributed by atoms with E-state index in [4.69, 9.17) is 5.11 Å². The number of carbonyl (C=O) groups is 1. The molecular formula is C11H16N2O2. The minimum absolute atomic E-state index is 0.262. The molecule has 15 heavy (non-hydrogen) atoms. The predicted octanol–water partition coefficient (Wildman–Crippen LogP) is 2.04. The van der Waals surface area contributed by atoms with Crippen LogP contribution < -0.4 is 0 Å². The first-order valence-corrected chi connectivity index (χ1v) is 5.48. The number of carboxylic acid groups (broad SMARTS) is 1. The summed E-state index contributed by atoms with van der Waals surface area (Å²) in [5.41, 5.74) is 1.18. The molecular weight excluding hydrogens is 192 g/mol. The molecule has 1 aromatic rings. The molecule has 0 saturated carbocycles. The van der Waals surface area contributed by atoms with Gasteiger partial charge in [0.15, 0.2) is 5.69 Å². The molecule has 0 spiro atoms. The van der Waals surface area contributed by atoms with E-state index in [0.29, 0.717) is 6.04 Å². The fraction of sp³-hybridized carbons (Fsp3) is 0.636. The standard InChI is InChI=1S/C11H16N2O2/c1-3-9-12-10(11(14)15)8-6-4-5-7(2)13(8)9/h7H,3-6H2,1-2H3,(H,14,15). The van der Waals surface area contributed by atoms with Gasteiger partial charge in [-0.25, -0.2) is 9.78 Å². The summed E-state index contributed by atoms with van der Waals surface area (Å²) in [7, 11) is 0. The number of aromatic carboxylic acids is 1. The zero-order valence-electron chi connectivity index (χ0n) is 9.16. The quantitative estimate of drug-likeness (QED) is 0.809. The third-order valence-corrected chi connectivity index (χ3v) is 3.08. The topological polar surface area (TPSA) is 55.1 Å². The Bertz CT molecular complexity index is 396. The van der Waals surface area contributed by atoms with Crippen molar-refractivity contribution >= 4 is 5.97 Å². The molecule has 2 rings (SSSR count). The Hall–Kier alpha value is -1.32. The third-order valence-electron chi connectivity index (χ3n) is 3.08. The normalized spacial score (nSPS) is 20.0. The van der Waals surface area contributed by atoms with E-state index in [9.17, 15) is 4.79 Å². The Labute approximate surface area is 88.9 Å². The predicted molar refractivity (Wildman–Crippen MR) is 56.2 cm³/mol. The highest BCUT2D eigenvalue weighted by Gasteiger charge is 2.26. The smallest absolute Gasteiger partial charge is 0.356 e. The number of hydrogen-bond acceptors (Lipinski definition) is 2. The van der Waals surface area contributed by atoms with Gasteiger partial charge < -0.3 is 9.67 Å². The van der Waals surface area contributed by atoms with E-state index in [2.05, 4.69) is 16.5 Å². The molecule has 0 saturated heterocycles. The zero-order chi connectivity index (χ0) is 11.0. The maximum absolute atomic E-state index is 11.0. The largest absolute Gasteiger partial charge is 0.476 e. The van der Waals surface area contributed by atoms with Crippen LogP contribution in [-0.4, -0.2) is 20.6 Å². The van der Waals surface area contributed by atoms with E-state index in [1.54, 1.807) is 0 Å². The van der Waals surface area contributed by atoms with Crippen LogP contribution in [0.5, 0.6) is 0 Å². The van der Waals surface area contributed by atoms with E-state index < -0.39 is 5.97 Å². The van der Waals surface area contributed by atoms with Crippen molar-refractivity contribution in [2.45, 2.75) is 45.6 Å². The van der Waals surface area contributed by atoms with Gasteiger partial charge in [0, 0.05) is 12.5 Å². The Balaban J connectivity index is 2.57. The zero-order valence-corrected chi connectivity index (χ0v) is 9.16. The third kappa shape index (κ3) is 1.54. The molecule has 0 bridgehead atoms. The number of fused-ring (bicyclic) bond motifs is 1. The summed E-state index contributed by atoms with van der Waals surface area (Å²) in [6.45, 7) is 4.15.